The van der Waals surface area contributed by atoms with E-state index in [4.69, 9.17) is 0 Å². The van der Waals surface area contributed by atoms with Gasteiger partial charge in [-0.15, -0.1) is 0 Å². The van der Waals surface area contributed by atoms with Gasteiger partial charge < -0.3 is 4.90 Å². The molecule has 6 nitrogen and oxygen atoms in total. The van der Waals surface area contributed by atoms with E-state index >= 15 is 0 Å². The molecule has 1 heterocycles. The lowest BCUT2D eigenvalue weighted by Crippen LogP contribution is -2.14. The molecule has 0 spiro atoms. The molecule has 0 unspecified atom stereocenters. The van der Waals surface area contributed by atoms with Crippen molar-refractivity contribution < 1.29 is 4.92 Å². The molecule has 0 saturated heterocycles. The molecule has 0 aliphatic heterocycles. The first-order chi connectivity index (χ1) is 10.1. The molecule has 21 heavy (non-hydrogen) atoms. The summed E-state index contributed by atoms with van der Waals surface area (Å²) in [5.74, 6) is 0.733. The van der Waals surface area contributed by atoms with Gasteiger partial charge in [0, 0.05) is 31.9 Å². The van der Waals surface area contributed by atoms with Gasteiger partial charge in [-0.3, -0.25) is 14.7 Å². The van der Waals surface area contributed by atoms with Crippen LogP contribution in [0.2, 0.25) is 0 Å². The number of aromatic nitrogens is 2. The summed E-state index contributed by atoms with van der Waals surface area (Å²) in [5.41, 5.74) is 2.47. The van der Waals surface area contributed by atoms with E-state index in [1.807, 2.05) is 53.9 Å². The Morgan fingerprint density at radius 2 is 1.86 bits per heavy atom. The Labute approximate surface area is 121 Å². The van der Waals surface area contributed by atoms with Gasteiger partial charge in [-0.05, 0) is 18.2 Å². The minimum absolute atomic E-state index is 0.0468. The lowest BCUT2D eigenvalue weighted by Gasteiger charge is -2.14. The fraction of sp³-hybridized carbons (Fsp3) is 0.133. The van der Waals surface area contributed by atoms with Crippen LogP contribution >= 0.6 is 0 Å². The van der Waals surface area contributed by atoms with Crippen molar-refractivity contribution in [3.8, 4) is 5.69 Å². The quantitative estimate of drug-likeness (QED) is 0.547. The molecule has 0 amide bonds. The van der Waals surface area contributed by atoms with E-state index in [1.54, 1.807) is 6.07 Å². The third-order valence-corrected chi connectivity index (χ3v) is 3.25. The average molecular weight is 282 g/mol. The van der Waals surface area contributed by atoms with Crippen molar-refractivity contribution in [1.29, 1.82) is 0 Å². The Kier molecular flexibility index (Phi) is 3.06. The van der Waals surface area contributed by atoms with E-state index in [2.05, 4.69) is 4.98 Å². The number of para-hydroxylation sites is 1. The zero-order valence-corrected chi connectivity index (χ0v) is 11.7. The van der Waals surface area contributed by atoms with Gasteiger partial charge in [0.2, 0.25) is 5.95 Å². The summed E-state index contributed by atoms with van der Waals surface area (Å²) < 4.78 is 1.99. The summed E-state index contributed by atoms with van der Waals surface area (Å²) in [5, 5.41) is 10.9. The van der Waals surface area contributed by atoms with Crippen LogP contribution in [0.5, 0.6) is 0 Å². The molecule has 1 aromatic heterocycles. The highest BCUT2D eigenvalue weighted by Gasteiger charge is 2.16. The van der Waals surface area contributed by atoms with E-state index in [0.29, 0.717) is 5.52 Å². The summed E-state index contributed by atoms with van der Waals surface area (Å²) in [7, 11) is 3.80. The van der Waals surface area contributed by atoms with Crippen molar-refractivity contribution in [1.82, 2.24) is 9.55 Å². The number of rotatable bonds is 3. The number of nitrogens with zero attached hydrogens (tertiary/aromatic N) is 4. The second-order valence-electron chi connectivity index (χ2n) is 4.91. The second-order valence-corrected chi connectivity index (χ2v) is 4.91. The minimum Gasteiger partial charge on any atom is -0.348 e. The number of nitro groups is 1. The van der Waals surface area contributed by atoms with E-state index in [9.17, 15) is 10.1 Å². The summed E-state index contributed by atoms with van der Waals surface area (Å²) in [6.07, 6.45) is 0. The summed E-state index contributed by atoms with van der Waals surface area (Å²) >= 11 is 0. The first kappa shape index (κ1) is 13.1. The van der Waals surface area contributed by atoms with Crippen molar-refractivity contribution >= 4 is 22.7 Å². The second kappa shape index (κ2) is 4.90. The van der Waals surface area contributed by atoms with Crippen LogP contribution in [0.3, 0.4) is 0 Å². The number of anilines is 1. The molecule has 6 heteroatoms. The summed E-state index contributed by atoms with van der Waals surface area (Å²) in [6.45, 7) is 0. The zero-order chi connectivity index (χ0) is 15.0. The van der Waals surface area contributed by atoms with Gasteiger partial charge in [-0.1, -0.05) is 18.2 Å². The Bertz CT molecular complexity index is 809. The fourth-order valence-electron chi connectivity index (χ4n) is 2.30. The van der Waals surface area contributed by atoms with Gasteiger partial charge in [0.25, 0.3) is 5.69 Å². The number of benzene rings is 2. The van der Waals surface area contributed by atoms with Gasteiger partial charge in [0.15, 0.2) is 0 Å². The van der Waals surface area contributed by atoms with Crippen LogP contribution in [0.25, 0.3) is 16.7 Å². The Morgan fingerprint density at radius 1 is 1.14 bits per heavy atom. The number of nitro benzene ring substituents is 1. The molecule has 0 aliphatic carbocycles. The van der Waals surface area contributed by atoms with Crippen molar-refractivity contribution in [3.63, 3.8) is 0 Å². The van der Waals surface area contributed by atoms with Crippen LogP contribution < -0.4 is 4.90 Å². The Morgan fingerprint density at radius 3 is 2.48 bits per heavy atom. The Hall–Kier alpha value is -2.89. The van der Waals surface area contributed by atoms with Crippen LogP contribution in [0.4, 0.5) is 11.6 Å². The van der Waals surface area contributed by atoms with E-state index < -0.39 is 4.92 Å². The van der Waals surface area contributed by atoms with Gasteiger partial charge in [0.1, 0.15) is 0 Å². The lowest BCUT2D eigenvalue weighted by molar-refractivity contribution is -0.384. The van der Waals surface area contributed by atoms with Gasteiger partial charge in [-0.2, -0.15) is 0 Å². The highest BCUT2D eigenvalue weighted by molar-refractivity contribution is 5.83. The lowest BCUT2D eigenvalue weighted by atomic mass is 10.2. The molecular formula is C15H14N4O2. The molecular weight excluding hydrogens is 268 g/mol. The van der Waals surface area contributed by atoms with Crippen molar-refractivity contribution in [2.24, 2.45) is 0 Å². The normalized spacial score (nSPS) is 10.8. The predicted octanol–water partition coefficient (Wildman–Crippen LogP) is 3.00. The van der Waals surface area contributed by atoms with E-state index in [0.717, 1.165) is 17.2 Å². The number of hydrogen-bond donors (Lipinski definition) is 0. The van der Waals surface area contributed by atoms with Crippen molar-refractivity contribution in [2.75, 3.05) is 19.0 Å². The van der Waals surface area contributed by atoms with Crippen LogP contribution in [-0.4, -0.2) is 28.6 Å². The average Bonchev–Trinajstić information content (AvgIpc) is 2.86. The Balaban J connectivity index is 2.31. The van der Waals surface area contributed by atoms with Gasteiger partial charge in [-0.25, -0.2) is 4.98 Å². The first-order valence-electron chi connectivity index (χ1n) is 6.47. The third-order valence-electron chi connectivity index (χ3n) is 3.25. The molecule has 0 aliphatic rings. The molecule has 106 valence electrons. The van der Waals surface area contributed by atoms with Crippen LogP contribution in [0.1, 0.15) is 0 Å². The van der Waals surface area contributed by atoms with Crippen molar-refractivity contribution in [2.45, 2.75) is 0 Å². The molecule has 0 radical (unpaired) electrons. The van der Waals surface area contributed by atoms with Gasteiger partial charge >= 0.3 is 0 Å². The topological polar surface area (TPSA) is 64.2 Å². The number of imidazole rings is 1. The maximum Gasteiger partial charge on any atom is 0.271 e. The molecule has 0 atom stereocenters. The summed E-state index contributed by atoms with van der Waals surface area (Å²) in [4.78, 5) is 16.9. The highest BCUT2D eigenvalue weighted by Crippen LogP contribution is 2.28. The molecule has 0 fully saturated rings. The number of non-ortho nitro benzene ring substituents is 1. The standard InChI is InChI=1S/C15H14N4O2/c1-17(2)15-16-13-10-12(19(20)21)8-9-14(13)18(15)11-6-4-3-5-7-11/h3-10H,1-2H3. The van der Waals surface area contributed by atoms with E-state index in [1.165, 1.54) is 12.1 Å². The molecule has 0 saturated carbocycles. The van der Waals surface area contributed by atoms with Crippen molar-refractivity contribution in [3.05, 3.63) is 58.6 Å². The minimum atomic E-state index is -0.406. The zero-order valence-electron chi connectivity index (χ0n) is 11.7. The highest BCUT2D eigenvalue weighted by atomic mass is 16.6. The maximum absolute atomic E-state index is 10.9. The summed E-state index contributed by atoms with van der Waals surface area (Å²) in [6, 6.07) is 14.6. The maximum atomic E-state index is 10.9. The molecule has 3 rings (SSSR count). The number of hydrogen-bond acceptors (Lipinski definition) is 4. The first-order valence-corrected chi connectivity index (χ1v) is 6.47. The SMILES string of the molecule is CN(C)c1nc2cc([N+](=O)[O-])ccc2n1-c1ccccc1. The van der Waals surface area contributed by atoms with Crippen LogP contribution in [0.15, 0.2) is 48.5 Å². The van der Waals surface area contributed by atoms with Crippen LogP contribution in [-0.2, 0) is 0 Å². The molecule has 0 bridgehead atoms. The smallest absolute Gasteiger partial charge is 0.271 e. The number of fused-ring (bicyclic) bond motifs is 1. The van der Waals surface area contributed by atoms with E-state index in [-0.39, 0.29) is 5.69 Å². The predicted molar refractivity (Wildman–Crippen MR) is 82.1 cm³/mol. The largest absolute Gasteiger partial charge is 0.348 e. The molecule has 2 aromatic carbocycles. The molecule has 3 aromatic rings. The third kappa shape index (κ3) is 2.20. The monoisotopic (exact) mass is 282 g/mol. The fourth-order valence-corrected chi connectivity index (χ4v) is 2.30. The van der Waals surface area contributed by atoms with Crippen LogP contribution in [0, 0.1) is 10.1 Å². The van der Waals surface area contributed by atoms with Gasteiger partial charge in [0.05, 0.1) is 16.0 Å². The molecule has 0 N–H and O–H groups in total.